The molecule has 1 aromatic carbocycles. The van der Waals surface area contributed by atoms with Crippen LogP contribution in [0.25, 0.3) is 0 Å². The van der Waals surface area contributed by atoms with Gasteiger partial charge < -0.3 is 14.4 Å². The summed E-state index contributed by atoms with van der Waals surface area (Å²) in [6.07, 6.45) is 0.886. The zero-order chi connectivity index (χ0) is 12.7. The van der Waals surface area contributed by atoms with Crippen LogP contribution in [0.5, 0.6) is 0 Å². The zero-order valence-electron chi connectivity index (χ0n) is 9.83. The van der Waals surface area contributed by atoms with Gasteiger partial charge in [-0.05, 0) is 5.56 Å². The lowest BCUT2D eigenvalue weighted by Gasteiger charge is -2.23. The normalized spacial score (nSPS) is 13.1. The van der Waals surface area contributed by atoms with Crippen molar-refractivity contribution in [3.8, 4) is 0 Å². The molecule has 0 radical (unpaired) electrons. The van der Waals surface area contributed by atoms with Gasteiger partial charge in [0.05, 0.1) is 0 Å². The lowest BCUT2D eigenvalue weighted by Crippen LogP contribution is -2.31. The molecule has 0 saturated heterocycles. The number of hydrogen-bond acceptors (Lipinski definition) is 4. The van der Waals surface area contributed by atoms with Gasteiger partial charge >= 0.3 is 7.60 Å². The lowest BCUT2D eigenvalue weighted by molar-refractivity contribution is -0.109. The van der Waals surface area contributed by atoms with Gasteiger partial charge in [0.1, 0.15) is 5.78 Å². The number of carbonyl (C=O) groups is 1. The summed E-state index contributed by atoms with van der Waals surface area (Å²) >= 11 is 0. The fourth-order valence-electron chi connectivity index (χ4n) is 1.51. The maximum absolute atomic E-state index is 12.2. The second kappa shape index (κ2) is 6.55. The van der Waals surface area contributed by atoms with E-state index >= 15 is 0 Å². The first-order valence-corrected chi connectivity index (χ1v) is 6.72. The van der Waals surface area contributed by atoms with Gasteiger partial charge in [0.15, 0.2) is 0 Å². The SMILES string of the molecule is COP(=O)(OC)C(Cc1ccccc1)NC=O. The van der Waals surface area contributed by atoms with Crippen LogP contribution >= 0.6 is 7.60 Å². The van der Waals surface area contributed by atoms with E-state index < -0.39 is 13.4 Å². The van der Waals surface area contributed by atoms with E-state index in [-0.39, 0.29) is 0 Å². The van der Waals surface area contributed by atoms with E-state index in [1.807, 2.05) is 30.3 Å². The van der Waals surface area contributed by atoms with Crippen LogP contribution in [-0.2, 0) is 24.8 Å². The monoisotopic (exact) mass is 257 g/mol. The van der Waals surface area contributed by atoms with Crippen molar-refractivity contribution in [2.75, 3.05) is 14.2 Å². The summed E-state index contributed by atoms with van der Waals surface area (Å²) in [7, 11) is -0.715. The van der Waals surface area contributed by atoms with Gasteiger partial charge in [0.25, 0.3) is 0 Å². The highest BCUT2D eigenvalue weighted by Gasteiger charge is 2.33. The third-order valence-electron chi connectivity index (χ3n) is 2.42. The molecule has 17 heavy (non-hydrogen) atoms. The van der Waals surface area contributed by atoms with Crippen LogP contribution in [0.1, 0.15) is 5.56 Å². The highest BCUT2D eigenvalue weighted by atomic mass is 31.2. The molecule has 0 fully saturated rings. The molecule has 1 unspecified atom stereocenters. The Labute approximate surface area is 101 Å². The minimum Gasteiger partial charge on any atom is -0.344 e. The van der Waals surface area contributed by atoms with E-state index in [4.69, 9.17) is 9.05 Å². The third kappa shape index (κ3) is 3.66. The molecule has 6 heteroatoms. The van der Waals surface area contributed by atoms with E-state index in [2.05, 4.69) is 5.32 Å². The molecule has 1 N–H and O–H groups in total. The predicted molar refractivity (Wildman–Crippen MR) is 64.8 cm³/mol. The molecule has 1 atom stereocenters. The Balaban J connectivity index is 2.86. The van der Waals surface area contributed by atoms with Crippen LogP contribution < -0.4 is 5.32 Å². The minimum absolute atomic E-state index is 0.387. The van der Waals surface area contributed by atoms with E-state index in [0.29, 0.717) is 12.8 Å². The van der Waals surface area contributed by atoms with Gasteiger partial charge in [-0.25, -0.2) is 0 Å². The second-order valence-corrected chi connectivity index (χ2v) is 5.83. The Morgan fingerprint density at radius 2 is 1.88 bits per heavy atom. The molecular weight excluding hydrogens is 241 g/mol. The molecule has 0 spiro atoms. The maximum atomic E-state index is 12.2. The van der Waals surface area contributed by atoms with Crippen molar-refractivity contribution < 1.29 is 18.4 Å². The lowest BCUT2D eigenvalue weighted by atomic mass is 10.1. The van der Waals surface area contributed by atoms with Crippen LogP contribution in [0.2, 0.25) is 0 Å². The molecular formula is C11H16NO4P. The van der Waals surface area contributed by atoms with Crippen LogP contribution in [0.4, 0.5) is 0 Å². The largest absolute Gasteiger partial charge is 0.352 e. The van der Waals surface area contributed by atoms with Crippen LogP contribution in [0.15, 0.2) is 30.3 Å². The van der Waals surface area contributed by atoms with Crippen LogP contribution in [-0.4, -0.2) is 26.4 Å². The molecule has 0 heterocycles. The fraction of sp³-hybridized carbons (Fsp3) is 0.364. The molecule has 1 aromatic rings. The number of benzene rings is 1. The standard InChI is InChI=1S/C11H16NO4P/c1-15-17(14,16-2)11(12-9-13)8-10-6-4-3-5-7-10/h3-7,9,11H,8H2,1-2H3,(H,12,13). The van der Waals surface area contributed by atoms with Crippen molar-refractivity contribution in [2.45, 2.75) is 12.2 Å². The van der Waals surface area contributed by atoms with E-state index in [0.717, 1.165) is 5.56 Å². The molecule has 1 rings (SSSR count). The highest BCUT2D eigenvalue weighted by molar-refractivity contribution is 7.54. The van der Waals surface area contributed by atoms with Gasteiger partial charge in [0, 0.05) is 20.6 Å². The van der Waals surface area contributed by atoms with Crippen molar-refractivity contribution in [3.05, 3.63) is 35.9 Å². The minimum atomic E-state index is -3.32. The van der Waals surface area contributed by atoms with E-state index in [1.54, 1.807) is 0 Å². The summed E-state index contributed by atoms with van der Waals surface area (Å²) in [5.41, 5.74) is 0.946. The highest BCUT2D eigenvalue weighted by Crippen LogP contribution is 2.51. The van der Waals surface area contributed by atoms with E-state index in [9.17, 15) is 9.36 Å². The number of nitrogens with one attached hydrogen (secondary N) is 1. The van der Waals surface area contributed by atoms with Gasteiger partial charge in [-0.3, -0.25) is 9.36 Å². The first-order valence-electron chi connectivity index (χ1n) is 5.11. The molecule has 5 nitrogen and oxygen atoms in total. The summed E-state index contributed by atoms with van der Waals surface area (Å²) in [5.74, 6) is -0.683. The number of amides is 1. The van der Waals surface area contributed by atoms with Gasteiger partial charge in [-0.15, -0.1) is 0 Å². The van der Waals surface area contributed by atoms with Gasteiger partial charge in [-0.1, -0.05) is 30.3 Å². The summed E-state index contributed by atoms with van der Waals surface area (Å²) < 4.78 is 22.0. The van der Waals surface area contributed by atoms with Crippen molar-refractivity contribution in [1.29, 1.82) is 0 Å². The first-order chi connectivity index (χ1) is 8.16. The maximum Gasteiger partial charge on any atom is 0.352 e. The molecule has 0 aliphatic carbocycles. The summed E-state index contributed by atoms with van der Waals surface area (Å²) in [4.78, 5) is 10.5. The predicted octanol–water partition coefficient (Wildman–Crippen LogP) is 1.79. The van der Waals surface area contributed by atoms with E-state index in [1.165, 1.54) is 14.2 Å². The summed E-state index contributed by atoms with van der Waals surface area (Å²) in [5, 5.41) is 2.48. The van der Waals surface area contributed by atoms with Crippen molar-refractivity contribution in [1.82, 2.24) is 5.32 Å². The Hall–Kier alpha value is -1.16. The Bertz CT molecular complexity index is 388. The second-order valence-electron chi connectivity index (χ2n) is 3.40. The first kappa shape index (κ1) is 13.9. The fourth-order valence-corrected chi connectivity index (χ4v) is 2.84. The zero-order valence-corrected chi connectivity index (χ0v) is 10.7. The number of carbonyl (C=O) groups excluding carboxylic acids is 1. The van der Waals surface area contributed by atoms with Crippen molar-refractivity contribution >= 4 is 14.0 Å². The molecule has 0 bridgehead atoms. The summed E-state index contributed by atoms with van der Waals surface area (Å²) in [6, 6.07) is 9.40. The number of rotatable bonds is 7. The van der Waals surface area contributed by atoms with Gasteiger partial charge in [-0.2, -0.15) is 0 Å². The molecule has 0 aliphatic rings. The Kier molecular flexibility index (Phi) is 5.35. The Morgan fingerprint density at radius 3 is 2.35 bits per heavy atom. The molecule has 0 aromatic heterocycles. The molecule has 0 saturated carbocycles. The van der Waals surface area contributed by atoms with Crippen LogP contribution in [0.3, 0.4) is 0 Å². The van der Waals surface area contributed by atoms with Gasteiger partial charge in [0.2, 0.25) is 6.41 Å². The average Bonchev–Trinajstić information content (AvgIpc) is 2.38. The third-order valence-corrected chi connectivity index (χ3v) is 4.54. The molecule has 1 amide bonds. The van der Waals surface area contributed by atoms with Crippen LogP contribution in [0, 0.1) is 0 Å². The average molecular weight is 257 g/mol. The molecule has 94 valence electrons. The summed E-state index contributed by atoms with van der Waals surface area (Å²) in [6.45, 7) is 0. The smallest absolute Gasteiger partial charge is 0.344 e. The Morgan fingerprint density at radius 1 is 1.29 bits per heavy atom. The quantitative estimate of drug-likeness (QED) is 0.597. The number of hydrogen-bond donors (Lipinski definition) is 1. The topological polar surface area (TPSA) is 64.6 Å². The van der Waals surface area contributed by atoms with Crippen molar-refractivity contribution in [2.24, 2.45) is 0 Å². The van der Waals surface area contributed by atoms with Crippen molar-refractivity contribution in [3.63, 3.8) is 0 Å². The molecule has 0 aliphatic heterocycles.